The largest absolute Gasteiger partial charge is 0.457 e. The molecule has 0 amide bonds. The SMILES string of the molecule is O=C(Oc1ccc(F)cc1C(=O)/C=C\c1ccc(Cl)cc1)c1ccco1. The molecule has 0 aliphatic heterocycles. The van der Waals surface area contributed by atoms with Gasteiger partial charge in [0.15, 0.2) is 5.78 Å². The van der Waals surface area contributed by atoms with E-state index in [1.165, 1.54) is 30.5 Å². The molecule has 130 valence electrons. The van der Waals surface area contributed by atoms with Crippen LogP contribution in [0.2, 0.25) is 5.02 Å². The summed E-state index contributed by atoms with van der Waals surface area (Å²) in [5.74, 6) is -1.99. The van der Waals surface area contributed by atoms with Crippen LogP contribution in [0.15, 0.2) is 71.4 Å². The molecule has 0 fully saturated rings. The summed E-state index contributed by atoms with van der Waals surface area (Å²) in [5, 5.41) is 0.575. The number of esters is 1. The maximum atomic E-state index is 13.6. The number of ether oxygens (including phenoxy) is 1. The molecule has 2 aromatic carbocycles. The minimum absolute atomic E-state index is 0.0237. The molecule has 3 aromatic rings. The van der Waals surface area contributed by atoms with E-state index in [1.54, 1.807) is 30.3 Å². The molecule has 0 saturated heterocycles. The van der Waals surface area contributed by atoms with Gasteiger partial charge in [-0.2, -0.15) is 0 Å². The average Bonchev–Trinajstić information content (AvgIpc) is 3.17. The van der Waals surface area contributed by atoms with Crippen molar-refractivity contribution in [1.82, 2.24) is 0 Å². The van der Waals surface area contributed by atoms with Crippen LogP contribution < -0.4 is 4.74 Å². The molecule has 0 aliphatic rings. The Bertz CT molecular complexity index is 960. The molecular formula is C20H12ClFO4. The van der Waals surface area contributed by atoms with Crippen molar-refractivity contribution in [2.45, 2.75) is 0 Å². The molecule has 0 atom stereocenters. The van der Waals surface area contributed by atoms with Gasteiger partial charge in [-0.1, -0.05) is 29.8 Å². The third-order valence-corrected chi connectivity index (χ3v) is 3.68. The number of furan rings is 1. The summed E-state index contributed by atoms with van der Waals surface area (Å²) >= 11 is 5.81. The maximum absolute atomic E-state index is 13.6. The van der Waals surface area contributed by atoms with Crippen LogP contribution in [-0.2, 0) is 0 Å². The Labute approximate surface area is 153 Å². The number of benzene rings is 2. The molecule has 0 spiro atoms. The van der Waals surface area contributed by atoms with E-state index in [4.69, 9.17) is 20.8 Å². The van der Waals surface area contributed by atoms with Crippen molar-refractivity contribution >= 4 is 29.4 Å². The van der Waals surface area contributed by atoms with E-state index in [2.05, 4.69) is 0 Å². The third kappa shape index (κ3) is 4.26. The van der Waals surface area contributed by atoms with Crippen molar-refractivity contribution in [3.63, 3.8) is 0 Å². The first-order chi connectivity index (χ1) is 12.5. The van der Waals surface area contributed by atoms with Crippen molar-refractivity contribution in [1.29, 1.82) is 0 Å². The second-order valence-corrected chi connectivity index (χ2v) is 5.69. The van der Waals surface area contributed by atoms with Crippen molar-refractivity contribution in [3.05, 3.63) is 94.7 Å². The number of rotatable bonds is 5. The summed E-state index contributed by atoms with van der Waals surface area (Å²) in [6.07, 6.45) is 4.14. The lowest BCUT2D eigenvalue weighted by Crippen LogP contribution is -2.10. The molecule has 0 aliphatic carbocycles. The molecule has 3 rings (SSSR count). The molecule has 0 N–H and O–H groups in total. The number of ketones is 1. The monoisotopic (exact) mass is 370 g/mol. The number of carbonyl (C=O) groups is 2. The summed E-state index contributed by atoms with van der Waals surface area (Å²) in [6, 6.07) is 13.1. The lowest BCUT2D eigenvalue weighted by Gasteiger charge is -2.07. The lowest BCUT2D eigenvalue weighted by molar-refractivity contribution is 0.0699. The Morgan fingerprint density at radius 2 is 1.85 bits per heavy atom. The quantitative estimate of drug-likeness (QED) is 0.268. The van der Waals surface area contributed by atoms with Crippen LogP contribution in [0.1, 0.15) is 26.5 Å². The van der Waals surface area contributed by atoms with Crippen molar-refractivity contribution in [2.75, 3.05) is 0 Å². The molecule has 4 nitrogen and oxygen atoms in total. The fourth-order valence-corrected chi connectivity index (χ4v) is 2.29. The Hall–Kier alpha value is -3.18. The minimum atomic E-state index is -0.780. The van der Waals surface area contributed by atoms with Crippen LogP contribution in [0.3, 0.4) is 0 Å². The first-order valence-electron chi connectivity index (χ1n) is 7.56. The highest BCUT2D eigenvalue weighted by Crippen LogP contribution is 2.23. The van der Waals surface area contributed by atoms with Gasteiger partial charge in [-0.3, -0.25) is 4.79 Å². The van der Waals surface area contributed by atoms with E-state index in [9.17, 15) is 14.0 Å². The molecule has 0 unspecified atom stereocenters. The Balaban J connectivity index is 1.83. The van der Waals surface area contributed by atoms with Crippen molar-refractivity contribution in [3.8, 4) is 5.75 Å². The van der Waals surface area contributed by atoms with Gasteiger partial charge in [0.2, 0.25) is 5.76 Å². The zero-order valence-corrected chi connectivity index (χ0v) is 14.1. The molecule has 1 heterocycles. The number of allylic oxidation sites excluding steroid dienone is 1. The van der Waals surface area contributed by atoms with E-state index < -0.39 is 17.6 Å². The third-order valence-electron chi connectivity index (χ3n) is 3.43. The average molecular weight is 371 g/mol. The molecule has 6 heteroatoms. The standard InChI is InChI=1S/C20H12ClFO4/c21-14-6-3-13(4-7-14)5-9-17(23)16-12-15(22)8-10-18(16)26-20(24)19-2-1-11-25-19/h1-12H/b9-5-. The fraction of sp³-hybridized carbons (Fsp3) is 0. The van der Waals surface area contributed by atoms with E-state index in [1.807, 2.05) is 0 Å². The zero-order valence-electron chi connectivity index (χ0n) is 13.3. The van der Waals surface area contributed by atoms with Crippen LogP contribution in [0, 0.1) is 5.82 Å². The molecule has 26 heavy (non-hydrogen) atoms. The fourth-order valence-electron chi connectivity index (χ4n) is 2.16. The lowest BCUT2D eigenvalue weighted by atomic mass is 10.1. The molecular weight excluding hydrogens is 359 g/mol. The highest BCUT2D eigenvalue weighted by atomic mass is 35.5. The number of hydrogen-bond acceptors (Lipinski definition) is 4. The van der Waals surface area contributed by atoms with E-state index in [0.29, 0.717) is 5.02 Å². The topological polar surface area (TPSA) is 56.5 Å². The molecule has 0 radical (unpaired) electrons. The second kappa shape index (κ2) is 7.80. The summed E-state index contributed by atoms with van der Waals surface area (Å²) in [6.45, 7) is 0. The predicted molar refractivity (Wildman–Crippen MR) is 94.9 cm³/mol. The highest BCUT2D eigenvalue weighted by molar-refractivity contribution is 6.30. The molecule has 0 saturated carbocycles. The first kappa shape index (κ1) is 17.6. The maximum Gasteiger partial charge on any atom is 0.379 e. The highest BCUT2D eigenvalue weighted by Gasteiger charge is 2.17. The Morgan fingerprint density at radius 1 is 1.08 bits per heavy atom. The second-order valence-electron chi connectivity index (χ2n) is 5.26. The van der Waals surface area contributed by atoms with Gasteiger partial charge in [-0.25, -0.2) is 9.18 Å². The summed E-state index contributed by atoms with van der Waals surface area (Å²) in [7, 11) is 0. The smallest absolute Gasteiger partial charge is 0.379 e. The number of hydrogen-bond donors (Lipinski definition) is 0. The van der Waals surface area contributed by atoms with E-state index in [-0.39, 0.29) is 17.1 Å². The summed E-state index contributed by atoms with van der Waals surface area (Å²) < 4.78 is 23.7. The van der Waals surface area contributed by atoms with Crippen LogP contribution in [0.4, 0.5) is 4.39 Å². The van der Waals surface area contributed by atoms with Gasteiger partial charge in [0.1, 0.15) is 11.6 Å². The zero-order chi connectivity index (χ0) is 18.5. The van der Waals surface area contributed by atoms with Crippen LogP contribution in [0.25, 0.3) is 6.08 Å². The van der Waals surface area contributed by atoms with Gasteiger partial charge >= 0.3 is 5.97 Å². The van der Waals surface area contributed by atoms with Gasteiger partial charge in [-0.05, 0) is 54.1 Å². The van der Waals surface area contributed by atoms with Gasteiger partial charge in [0.05, 0.1) is 11.8 Å². The Morgan fingerprint density at radius 3 is 2.54 bits per heavy atom. The summed E-state index contributed by atoms with van der Waals surface area (Å²) in [4.78, 5) is 24.4. The van der Waals surface area contributed by atoms with Gasteiger partial charge < -0.3 is 9.15 Å². The number of halogens is 2. The normalized spacial score (nSPS) is 10.8. The number of carbonyl (C=O) groups excluding carboxylic acids is 2. The Kier molecular flexibility index (Phi) is 5.29. The van der Waals surface area contributed by atoms with Crippen molar-refractivity contribution in [2.24, 2.45) is 0 Å². The van der Waals surface area contributed by atoms with Gasteiger partial charge in [0.25, 0.3) is 0 Å². The van der Waals surface area contributed by atoms with E-state index in [0.717, 1.165) is 17.7 Å². The van der Waals surface area contributed by atoms with Gasteiger partial charge in [-0.15, -0.1) is 0 Å². The van der Waals surface area contributed by atoms with Crippen LogP contribution >= 0.6 is 11.6 Å². The molecule has 0 bridgehead atoms. The summed E-state index contributed by atoms with van der Waals surface area (Å²) in [5.41, 5.74) is 0.670. The first-order valence-corrected chi connectivity index (χ1v) is 7.94. The van der Waals surface area contributed by atoms with E-state index >= 15 is 0 Å². The van der Waals surface area contributed by atoms with Crippen LogP contribution in [-0.4, -0.2) is 11.8 Å². The predicted octanol–water partition coefficient (Wildman–Crippen LogP) is 5.19. The van der Waals surface area contributed by atoms with Crippen molar-refractivity contribution < 1.29 is 23.1 Å². The molecule has 1 aromatic heterocycles. The van der Waals surface area contributed by atoms with Crippen LogP contribution in [0.5, 0.6) is 5.75 Å². The minimum Gasteiger partial charge on any atom is -0.457 e. The van der Waals surface area contributed by atoms with Gasteiger partial charge in [0, 0.05) is 5.02 Å².